The SMILES string of the molecule is CC(NCc1cc(F)ccc1C#N)c1ccc(Br)cc1. The number of hydrogen-bond acceptors (Lipinski definition) is 2. The van der Waals surface area contributed by atoms with E-state index in [2.05, 4.69) is 27.3 Å². The highest BCUT2D eigenvalue weighted by Gasteiger charge is 2.08. The van der Waals surface area contributed by atoms with Crippen molar-refractivity contribution in [3.05, 3.63) is 69.4 Å². The number of nitrogens with zero attached hydrogens (tertiary/aromatic N) is 1. The van der Waals surface area contributed by atoms with Crippen LogP contribution in [0.2, 0.25) is 0 Å². The molecule has 2 aromatic carbocycles. The maximum atomic E-state index is 13.2. The van der Waals surface area contributed by atoms with Gasteiger partial charge in [0.25, 0.3) is 0 Å². The van der Waals surface area contributed by atoms with Crippen LogP contribution in [0.4, 0.5) is 4.39 Å². The summed E-state index contributed by atoms with van der Waals surface area (Å²) in [6.45, 7) is 2.49. The monoisotopic (exact) mass is 332 g/mol. The van der Waals surface area contributed by atoms with Gasteiger partial charge in [-0.15, -0.1) is 0 Å². The topological polar surface area (TPSA) is 35.8 Å². The second kappa shape index (κ2) is 6.65. The molecule has 0 heterocycles. The largest absolute Gasteiger partial charge is 0.306 e. The Hall–Kier alpha value is -1.70. The van der Waals surface area contributed by atoms with E-state index < -0.39 is 0 Å². The predicted molar refractivity (Wildman–Crippen MR) is 80.5 cm³/mol. The van der Waals surface area contributed by atoms with Crippen molar-refractivity contribution in [2.45, 2.75) is 19.5 Å². The van der Waals surface area contributed by atoms with Gasteiger partial charge in [-0.3, -0.25) is 0 Å². The second-order valence-corrected chi connectivity index (χ2v) is 5.48. The van der Waals surface area contributed by atoms with Crippen LogP contribution in [0, 0.1) is 17.1 Å². The first kappa shape index (κ1) is 14.7. The first-order valence-electron chi connectivity index (χ1n) is 6.27. The van der Waals surface area contributed by atoms with Gasteiger partial charge < -0.3 is 5.32 Å². The number of hydrogen-bond donors (Lipinski definition) is 1. The van der Waals surface area contributed by atoms with Crippen molar-refractivity contribution >= 4 is 15.9 Å². The fourth-order valence-corrected chi connectivity index (χ4v) is 2.21. The van der Waals surface area contributed by atoms with Crippen LogP contribution in [0.3, 0.4) is 0 Å². The zero-order valence-corrected chi connectivity index (χ0v) is 12.6. The molecule has 0 fully saturated rings. The Labute approximate surface area is 126 Å². The lowest BCUT2D eigenvalue weighted by Gasteiger charge is -2.15. The number of nitrogens with one attached hydrogen (secondary N) is 1. The van der Waals surface area contributed by atoms with Gasteiger partial charge in [-0.25, -0.2) is 4.39 Å². The van der Waals surface area contributed by atoms with Gasteiger partial charge in [0.15, 0.2) is 0 Å². The van der Waals surface area contributed by atoms with Gasteiger partial charge in [-0.1, -0.05) is 28.1 Å². The minimum atomic E-state index is -0.322. The van der Waals surface area contributed by atoms with Crippen molar-refractivity contribution in [2.75, 3.05) is 0 Å². The molecule has 4 heteroatoms. The molecule has 0 saturated carbocycles. The third-order valence-electron chi connectivity index (χ3n) is 3.16. The van der Waals surface area contributed by atoms with Crippen molar-refractivity contribution < 1.29 is 4.39 Å². The molecule has 2 rings (SSSR count). The Bertz CT molecular complexity index is 632. The Kier molecular flexibility index (Phi) is 4.89. The average Bonchev–Trinajstić information content (AvgIpc) is 2.45. The molecule has 1 atom stereocenters. The molecule has 2 aromatic rings. The summed E-state index contributed by atoms with van der Waals surface area (Å²) in [6, 6.07) is 14.4. The summed E-state index contributed by atoms with van der Waals surface area (Å²) in [5.74, 6) is -0.322. The summed E-state index contributed by atoms with van der Waals surface area (Å²) in [4.78, 5) is 0. The van der Waals surface area contributed by atoms with Crippen LogP contribution in [0.15, 0.2) is 46.9 Å². The summed E-state index contributed by atoms with van der Waals surface area (Å²) >= 11 is 3.40. The van der Waals surface area contributed by atoms with Crippen molar-refractivity contribution in [3.63, 3.8) is 0 Å². The highest BCUT2D eigenvalue weighted by molar-refractivity contribution is 9.10. The summed E-state index contributed by atoms with van der Waals surface area (Å²) in [5, 5.41) is 12.3. The Balaban J connectivity index is 2.07. The molecule has 1 N–H and O–H groups in total. The number of halogens is 2. The molecule has 0 aliphatic rings. The van der Waals surface area contributed by atoms with Gasteiger partial charge >= 0.3 is 0 Å². The third kappa shape index (κ3) is 3.66. The maximum absolute atomic E-state index is 13.2. The first-order chi connectivity index (χ1) is 9.60. The molecule has 0 aliphatic carbocycles. The van der Waals surface area contributed by atoms with Crippen molar-refractivity contribution in [1.29, 1.82) is 5.26 Å². The average molecular weight is 333 g/mol. The van der Waals surface area contributed by atoms with E-state index in [1.807, 2.05) is 31.2 Å². The predicted octanol–water partition coefficient (Wildman–Crippen LogP) is 4.31. The highest BCUT2D eigenvalue weighted by atomic mass is 79.9. The zero-order valence-electron chi connectivity index (χ0n) is 11.0. The van der Waals surface area contributed by atoms with Crippen LogP contribution < -0.4 is 5.32 Å². The third-order valence-corrected chi connectivity index (χ3v) is 3.69. The Morgan fingerprint density at radius 1 is 1.25 bits per heavy atom. The normalized spacial score (nSPS) is 11.9. The molecular formula is C16H14BrFN2. The summed E-state index contributed by atoms with van der Waals surface area (Å²) in [6.07, 6.45) is 0. The lowest BCUT2D eigenvalue weighted by atomic mass is 10.1. The summed E-state index contributed by atoms with van der Waals surface area (Å²) in [5.41, 5.74) is 2.32. The molecule has 0 bridgehead atoms. The fourth-order valence-electron chi connectivity index (χ4n) is 1.95. The van der Waals surface area contributed by atoms with Gasteiger partial charge in [0, 0.05) is 17.1 Å². The maximum Gasteiger partial charge on any atom is 0.123 e. The van der Waals surface area contributed by atoms with Crippen LogP contribution in [0.5, 0.6) is 0 Å². The Morgan fingerprint density at radius 3 is 2.60 bits per heavy atom. The molecule has 0 amide bonds. The first-order valence-corrected chi connectivity index (χ1v) is 7.07. The molecule has 0 aliphatic heterocycles. The van der Waals surface area contributed by atoms with Crippen molar-refractivity contribution in [3.8, 4) is 6.07 Å². The molecule has 0 spiro atoms. The van der Waals surface area contributed by atoms with Crippen LogP contribution in [-0.4, -0.2) is 0 Å². The molecule has 0 aromatic heterocycles. The van der Waals surface area contributed by atoms with E-state index in [0.717, 1.165) is 10.0 Å². The smallest absolute Gasteiger partial charge is 0.123 e. The number of nitriles is 1. The molecule has 0 saturated heterocycles. The van der Waals surface area contributed by atoms with E-state index in [9.17, 15) is 4.39 Å². The number of rotatable bonds is 4. The minimum Gasteiger partial charge on any atom is -0.306 e. The highest BCUT2D eigenvalue weighted by Crippen LogP contribution is 2.18. The van der Waals surface area contributed by atoms with E-state index in [4.69, 9.17) is 5.26 Å². The van der Waals surface area contributed by atoms with Crippen LogP contribution in [0.25, 0.3) is 0 Å². The second-order valence-electron chi connectivity index (χ2n) is 4.57. The minimum absolute atomic E-state index is 0.123. The number of benzene rings is 2. The van der Waals surface area contributed by atoms with E-state index in [-0.39, 0.29) is 11.9 Å². The van der Waals surface area contributed by atoms with Gasteiger partial charge in [-0.2, -0.15) is 5.26 Å². The van der Waals surface area contributed by atoms with E-state index >= 15 is 0 Å². The molecule has 1 unspecified atom stereocenters. The molecule has 102 valence electrons. The standard InChI is InChI=1S/C16H14BrFN2/c1-11(12-2-5-15(17)6-3-12)20-10-14-8-16(18)7-4-13(14)9-19/h2-8,11,20H,10H2,1H3. The molecular weight excluding hydrogens is 319 g/mol. The molecule has 20 heavy (non-hydrogen) atoms. The lowest BCUT2D eigenvalue weighted by molar-refractivity contribution is 0.568. The van der Waals surface area contributed by atoms with Gasteiger partial charge in [-0.05, 0) is 48.4 Å². The molecule has 2 nitrogen and oxygen atoms in total. The van der Waals surface area contributed by atoms with Crippen LogP contribution in [-0.2, 0) is 6.54 Å². The van der Waals surface area contributed by atoms with Crippen LogP contribution in [0.1, 0.15) is 29.7 Å². The summed E-state index contributed by atoms with van der Waals surface area (Å²) in [7, 11) is 0. The fraction of sp³-hybridized carbons (Fsp3) is 0.188. The Morgan fingerprint density at radius 2 is 1.95 bits per heavy atom. The van der Waals surface area contributed by atoms with Crippen LogP contribution >= 0.6 is 15.9 Å². The van der Waals surface area contributed by atoms with E-state index in [0.29, 0.717) is 17.7 Å². The zero-order chi connectivity index (χ0) is 14.5. The van der Waals surface area contributed by atoms with E-state index in [1.165, 1.54) is 18.2 Å². The van der Waals surface area contributed by atoms with Gasteiger partial charge in [0.1, 0.15) is 5.82 Å². The molecule has 0 radical (unpaired) electrons. The quantitative estimate of drug-likeness (QED) is 0.905. The lowest BCUT2D eigenvalue weighted by Crippen LogP contribution is -2.18. The summed E-state index contributed by atoms with van der Waals surface area (Å²) < 4.78 is 14.3. The van der Waals surface area contributed by atoms with Gasteiger partial charge in [0.05, 0.1) is 11.6 Å². The van der Waals surface area contributed by atoms with Crippen molar-refractivity contribution in [1.82, 2.24) is 5.32 Å². The van der Waals surface area contributed by atoms with E-state index in [1.54, 1.807) is 0 Å². The van der Waals surface area contributed by atoms with Gasteiger partial charge in [0.2, 0.25) is 0 Å². The van der Waals surface area contributed by atoms with Crippen molar-refractivity contribution in [2.24, 2.45) is 0 Å².